The number of allylic oxidation sites excluding steroid dienone is 1. The summed E-state index contributed by atoms with van der Waals surface area (Å²) in [4.78, 5) is 30.2. The van der Waals surface area contributed by atoms with Gasteiger partial charge in [-0.05, 0) is 100.0 Å². The first-order valence-electron chi connectivity index (χ1n) is 14.1. The number of rotatable bonds is 9. The molecule has 0 saturated heterocycles. The van der Waals surface area contributed by atoms with Crippen LogP contribution in [0.15, 0.2) is 58.5 Å². The molecule has 1 saturated carbocycles. The van der Waals surface area contributed by atoms with E-state index in [1.807, 2.05) is 0 Å². The quantitative estimate of drug-likeness (QED) is 0.341. The molecule has 0 radical (unpaired) electrons. The van der Waals surface area contributed by atoms with Crippen LogP contribution in [0.2, 0.25) is 0 Å². The number of esters is 1. The van der Waals surface area contributed by atoms with E-state index in [2.05, 4.69) is 35.3 Å². The van der Waals surface area contributed by atoms with Gasteiger partial charge in [0.2, 0.25) is 5.95 Å². The largest absolute Gasteiger partial charge is 0.466 e. The third-order valence-corrected chi connectivity index (χ3v) is 8.24. The molecule has 3 atom stereocenters. The van der Waals surface area contributed by atoms with Crippen molar-refractivity contribution in [2.45, 2.75) is 44.8 Å². The van der Waals surface area contributed by atoms with Crippen LogP contribution in [-0.2, 0) is 22.1 Å². The number of nitrogens with zero attached hydrogens (tertiary/aromatic N) is 5. The highest BCUT2D eigenvalue weighted by Crippen LogP contribution is 2.45. The van der Waals surface area contributed by atoms with Gasteiger partial charge in [0, 0.05) is 17.9 Å². The number of anilines is 2. The van der Waals surface area contributed by atoms with E-state index in [4.69, 9.17) is 4.74 Å². The van der Waals surface area contributed by atoms with Gasteiger partial charge in [0.1, 0.15) is 6.04 Å². The minimum Gasteiger partial charge on any atom is -0.466 e. The number of aromatic nitrogens is 3. The Labute approximate surface area is 247 Å². The molecular weight excluding hydrogens is 561 g/mol. The summed E-state index contributed by atoms with van der Waals surface area (Å²) in [6.45, 7) is 2.63. The van der Waals surface area contributed by atoms with Gasteiger partial charge < -0.3 is 9.64 Å². The predicted molar refractivity (Wildman–Crippen MR) is 154 cm³/mol. The molecule has 0 amide bonds. The van der Waals surface area contributed by atoms with E-state index in [0.717, 1.165) is 37.1 Å². The van der Waals surface area contributed by atoms with E-state index in [1.54, 1.807) is 25.1 Å². The number of carbonyl (C=O) groups is 1. The molecule has 0 spiro atoms. The van der Waals surface area contributed by atoms with E-state index in [-0.39, 0.29) is 22.9 Å². The first-order chi connectivity index (χ1) is 20.4. The van der Waals surface area contributed by atoms with Crippen molar-refractivity contribution in [2.75, 3.05) is 32.6 Å². The fourth-order valence-corrected chi connectivity index (χ4v) is 6.15. The molecule has 2 aromatic carbocycles. The molecule has 1 N–H and O–H groups in total. The molecular formula is C31H33F3N6O3. The molecule has 5 rings (SSSR count). The van der Waals surface area contributed by atoms with Crippen molar-refractivity contribution in [3.63, 3.8) is 0 Å². The Morgan fingerprint density at radius 3 is 2.65 bits per heavy atom. The maximum Gasteiger partial charge on any atom is 0.416 e. The SMILES string of the molecule is COC(=O)C1=C(C)N(c2cccc(C(F)(F)F)c2)c2n[nH]c(=O)n2[C@@H]1c1ccc(C#N)cc1CCCC1CC1CN(C)C. The Kier molecular flexibility index (Phi) is 8.21. The highest BCUT2D eigenvalue weighted by molar-refractivity contribution is 5.93. The zero-order valence-corrected chi connectivity index (χ0v) is 24.4. The fourth-order valence-electron chi connectivity index (χ4n) is 6.15. The van der Waals surface area contributed by atoms with Gasteiger partial charge in [-0.1, -0.05) is 12.1 Å². The third kappa shape index (κ3) is 5.95. The number of alkyl halides is 3. The highest BCUT2D eigenvalue weighted by atomic mass is 19.4. The van der Waals surface area contributed by atoms with Gasteiger partial charge in [0.05, 0.1) is 29.9 Å². The van der Waals surface area contributed by atoms with Crippen molar-refractivity contribution < 1.29 is 22.7 Å². The molecule has 226 valence electrons. The van der Waals surface area contributed by atoms with Crippen molar-refractivity contribution in [1.82, 2.24) is 19.7 Å². The van der Waals surface area contributed by atoms with Crippen molar-refractivity contribution in [3.8, 4) is 6.07 Å². The summed E-state index contributed by atoms with van der Waals surface area (Å²) in [5, 5.41) is 16.2. The van der Waals surface area contributed by atoms with E-state index >= 15 is 0 Å². The normalized spacial score (nSPS) is 19.8. The molecule has 1 aliphatic carbocycles. The lowest BCUT2D eigenvalue weighted by Crippen LogP contribution is -2.38. The summed E-state index contributed by atoms with van der Waals surface area (Å²) < 4.78 is 47.2. The summed E-state index contributed by atoms with van der Waals surface area (Å²) in [6, 6.07) is 10.9. The Bertz CT molecular complexity index is 1670. The predicted octanol–water partition coefficient (Wildman–Crippen LogP) is 5.17. The number of nitrogens with one attached hydrogen (secondary N) is 1. The number of halogens is 3. The molecule has 12 heteroatoms. The van der Waals surface area contributed by atoms with Gasteiger partial charge in [0.15, 0.2) is 0 Å². The minimum absolute atomic E-state index is 0.0271. The molecule has 2 aliphatic rings. The molecule has 0 bridgehead atoms. The molecule has 1 fully saturated rings. The van der Waals surface area contributed by atoms with E-state index < -0.39 is 29.4 Å². The third-order valence-electron chi connectivity index (χ3n) is 8.24. The van der Waals surface area contributed by atoms with Crippen molar-refractivity contribution in [3.05, 3.63) is 86.5 Å². The number of H-pyrrole nitrogens is 1. The van der Waals surface area contributed by atoms with Crippen molar-refractivity contribution in [2.24, 2.45) is 11.8 Å². The van der Waals surface area contributed by atoms with Crippen LogP contribution >= 0.6 is 0 Å². The summed E-state index contributed by atoms with van der Waals surface area (Å²) in [7, 11) is 5.34. The second-order valence-corrected chi connectivity index (χ2v) is 11.4. The van der Waals surface area contributed by atoms with Crippen LogP contribution in [0.4, 0.5) is 24.8 Å². The summed E-state index contributed by atoms with van der Waals surface area (Å²) >= 11 is 0. The number of aromatic amines is 1. The minimum atomic E-state index is -4.60. The van der Waals surface area contributed by atoms with Gasteiger partial charge in [-0.15, -0.1) is 5.10 Å². The smallest absolute Gasteiger partial charge is 0.416 e. The Hall–Kier alpha value is -4.37. The number of methoxy groups -OCH3 is 1. The standard InChI is InChI=1S/C31H33F3N6O3/c1-18-26(28(41)43-4)27(25-12-11-19(16-35)13-21(25)8-5-7-20-14-22(20)17-38(2)3)40-29(36-37-30(40)42)39(18)24-10-6-9-23(15-24)31(32,33)34/h6,9-13,15,20,22,27H,5,7-8,14,17H2,1-4H3,(H,37,42)/t20?,22?,27-/m1/s1. The topological polar surface area (TPSA) is 107 Å². The van der Waals surface area contributed by atoms with Crippen LogP contribution < -0.4 is 10.6 Å². The summed E-state index contributed by atoms with van der Waals surface area (Å²) in [5.41, 5.74) is 0.744. The highest BCUT2D eigenvalue weighted by Gasteiger charge is 2.41. The molecule has 1 aliphatic heterocycles. The average molecular weight is 595 g/mol. The van der Waals surface area contributed by atoms with Crippen LogP contribution in [-0.4, -0.2) is 53.4 Å². The van der Waals surface area contributed by atoms with E-state index in [0.29, 0.717) is 29.4 Å². The molecule has 2 heterocycles. The first kappa shape index (κ1) is 30.1. The van der Waals surface area contributed by atoms with Gasteiger partial charge in [-0.25, -0.2) is 19.3 Å². The first-order valence-corrected chi connectivity index (χ1v) is 14.1. The number of nitriles is 1. The zero-order valence-electron chi connectivity index (χ0n) is 24.4. The van der Waals surface area contributed by atoms with Crippen LogP contribution in [0.25, 0.3) is 0 Å². The zero-order chi connectivity index (χ0) is 31.1. The molecule has 3 aromatic rings. The van der Waals surface area contributed by atoms with E-state index in [1.165, 1.54) is 35.1 Å². The Morgan fingerprint density at radius 1 is 1.21 bits per heavy atom. The molecule has 1 aromatic heterocycles. The molecule has 2 unspecified atom stereocenters. The number of hydrogen-bond acceptors (Lipinski definition) is 7. The lowest BCUT2D eigenvalue weighted by Gasteiger charge is -2.36. The second-order valence-electron chi connectivity index (χ2n) is 11.4. The summed E-state index contributed by atoms with van der Waals surface area (Å²) in [5.74, 6) is 0.595. The maximum atomic E-state index is 13.6. The van der Waals surface area contributed by atoms with Crippen LogP contribution in [0, 0.1) is 23.2 Å². The van der Waals surface area contributed by atoms with Crippen LogP contribution in [0.1, 0.15) is 54.5 Å². The van der Waals surface area contributed by atoms with Crippen LogP contribution in [0.3, 0.4) is 0 Å². The summed E-state index contributed by atoms with van der Waals surface area (Å²) in [6.07, 6.45) is -0.952. The maximum absolute atomic E-state index is 13.6. The monoisotopic (exact) mass is 594 g/mol. The number of ether oxygens (including phenoxy) is 1. The van der Waals surface area contributed by atoms with E-state index in [9.17, 15) is 28.0 Å². The lowest BCUT2D eigenvalue weighted by molar-refractivity contribution is -0.138. The number of hydrogen-bond donors (Lipinski definition) is 1. The number of carbonyl (C=O) groups excluding carboxylic acids is 1. The van der Waals surface area contributed by atoms with Gasteiger partial charge >= 0.3 is 17.8 Å². The number of benzene rings is 2. The number of aryl methyl sites for hydroxylation is 1. The molecule has 9 nitrogen and oxygen atoms in total. The fraction of sp³-hybridized carbons (Fsp3) is 0.419. The number of fused-ring (bicyclic) bond motifs is 1. The van der Waals surface area contributed by atoms with Gasteiger partial charge in [-0.3, -0.25) is 4.90 Å². The molecule has 43 heavy (non-hydrogen) atoms. The Morgan fingerprint density at radius 2 is 1.98 bits per heavy atom. The average Bonchev–Trinajstić information content (AvgIpc) is 3.59. The van der Waals surface area contributed by atoms with Gasteiger partial charge in [0.25, 0.3) is 0 Å². The van der Waals surface area contributed by atoms with Crippen molar-refractivity contribution in [1.29, 1.82) is 5.26 Å². The van der Waals surface area contributed by atoms with Gasteiger partial charge in [-0.2, -0.15) is 18.4 Å². The second kappa shape index (κ2) is 11.7. The Balaban J connectivity index is 1.60. The van der Waals surface area contributed by atoms with Crippen LogP contribution in [0.5, 0.6) is 0 Å². The lowest BCUT2D eigenvalue weighted by atomic mass is 9.88. The van der Waals surface area contributed by atoms with Crippen molar-refractivity contribution >= 4 is 17.6 Å².